The van der Waals surface area contributed by atoms with E-state index in [9.17, 15) is 4.79 Å². The summed E-state index contributed by atoms with van der Waals surface area (Å²) in [5.74, 6) is 0. The lowest BCUT2D eigenvalue weighted by Gasteiger charge is -2.31. The van der Waals surface area contributed by atoms with Crippen LogP contribution in [-0.2, 0) is 4.74 Å². The van der Waals surface area contributed by atoms with Crippen molar-refractivity contribution in [3.63, 3.8) is 0 Å². The highest BCUT2D eigenvalue weighted by Crippen LogP contribution is 2.30. The SMILES string of the molecule is NCCC1CCN(C2CC2)C(=O)O1. The summed E-state index contributed by atoms with van der Waals surface area (Å²) in [5.41, 5.74) is 5.41. The highest BCUT2D eigenvalue weighted by Gasteiger charge is 2.37. The number of carbonyl (C=O) groups is 1. The molecule has 1 aliphatic heterocycles. The van der Waals surface area contributed by atoms with Crippen molar-refractivity contribution in [2.45, 2.75) is 37.8 Å². The average molecular weight is 184 g/mol. The summed E-state index contributed by atoms with van der Waals surface area (Å²) in [6.07, 6.45) is 3.97. The van der Waals surface area contributed by atoms with Gasteiger partial charge in [-0.2, -0.15) is 0 Å². The van der Waals surface area contributed by atoms with Crippen LogP contribution in [0.15, 0.2) is 0 Å². The van der Waals surface area contributed by atoms with Gasteiger partial charge in [0.1, 0.15) is 6.10 Å². The molecule has 0 bridgehead atoms. The third-order valence-electron chi connectivity index (χ3n) is 2.67. The van der Waals surface area contributed by atoms with Gasteiger partial charge in [0.2, 0.25) is 0 Å². The molecule has 1 heterocycles. The molecule has 2 rings (SSSR count). The first-order chi connectivity index (χ1) is 6.31. The molecule has 0 aromatic carbocycles. The van der Waals surface area contributed by atoms with Gasteiger partial charge in [0.15, 0.2) is 0 Å². The Morgan fingerprint density at radius 1 is 1.46 bits per heavy atom. The molecule has 1 atom stereocenters. The van der Waals surface area contributed by atoms with Crippen molar-refractivity contribution in [3.05, 3.63) is 0 Å². The van der Waals surface area contributed by atoms with Gasteiger partial charge in [-0.1, -0.05) is 0 Å². The Bertz CT molecular complexity index is 204. The smallest absolute Gasteiger partial charge is 0.410 e. The molecule has 4 nitrogen and oxygen atoms in total. The number of amides is 1. The van der Waals surface area contributed by atoms with E-state index in [1.807, 2.05) is 4.90 Å². The van der Waals surface area contributed by atoms with Crippen LogP contribution >= 0.6 is 0 Å². The van der Waals surface area contributed by atoms with Gasteiger partial charge in [-0.25, -0.2) is 4.79 Å². The van der Waals surface area contributed by atoms with Crippen molar-refractivity contribution < 1.29 is 9.53 Å². The Morgan fingerprint density at radius 3 is 2.77 bits per heavy atom. The lowest BCUT2D eigenvalue weighted by molar-refractivity contribution is 0.0202. The number of nitrogens with zero attached hydrogens (tertiary/aromatic N) is 1. The van der Waals surface area contributed by atoms with Crippen LogP contribution in [0, 0.1) is 0 Å². The van der Waals surface area contributed by atoms with E-state index in [2.05, 4.69) is 0 Å². The molecule has 0 spiro atoms. The van der Waals surface area contributed by atoms with Crippen LogP contribution in [0.1, 0.15) is 25.7 Å². The van der Waals surface area contributed by atoms with Crippen LogP contribution in [0.4, 0.5) is 4.79 Å². The zero-order valence-corrected chi connectivity index (χ0v) is 7.74. The molecule has 1 saturated heterocycles. The molecule has 1 unspecified atom stereocenters. The zero-order valence-electron chi connectivity index (χ0n) is 7.74. The second-order valence-electron chi connectivity index (χ2n) is 3.80. The summed E-state index contributed by atoms with van der Waals surface area (Å²) >= 11 is 0. The molecule has 0 radical (unpaired) electrons. The molecule has 1 amide bonds. The molecular weight excluding hydrogens is 168 g/mol. The first kappa shape index (κ1) is 8.81. The maximum absolute atomic E-state index is 11.4. The van der Waals surface area contributed by atoms with Crippen LogP contribution < -0.4 is 5.73 Å². The van der Waals surface area contributed by atoms with Crippen LogP contribution in [0.2, 0.25) is 0 Å². The van der Waals surface area contributed by atoms with E-state index in [4.69, 9.17) is 10.5 Å². The van der Waals surface area contributed by atoms with Gasteiger partial charge >= 0.3 is 6.09 Å². The minimum absolute atomic E-state index is 0.0625. The maximum atomic E-state index is 11.4. The summed E-state index contributed by atoms with van der Waals surface area (Å²) in [4.78, 5) is 13.3. The standard InChI is InChI=1S/C9H16N2O2/c10-5-3-8-4-6-11(7-1-2-7)9(12)13-8/h7-8H,1-6,10H2. The largest absolute Gasteiger partial charge is 0.446 e. The number of carbonyl (C=O) groups excluding carboxylic acids is 1. The van der Waals surface area contributed by atoms with E-state index in [-0.39, 0.29) is 12.2 Å². The lowest BCUT2D eigenvalue weighted by Crippen LogP contribution is -2.43. The van der Waals surface area contributed by atoms with Crippen LogP contribution in [0.25, 0.3) is 0 Å². The molecule has 2 fully saturated rings. The quantitative estimate of drug-likeness (QED) is 0.702. The summed E-state index contributed by atoms with van der Waals surface area (Å²) < 4.78 is 5.25. The van der Waals surface area contributed by atoms with Crippen molar-refractivity contribution in [3.8, 4) is 0 Å². The molecule has 0 aromatic rings. The summed E-state index contributed by atoms with van der Waals surface area (Å²) in [6.45, 7) is 1.45. The topological polar surface area (TPSA) is 55.6 Å². The first-order valence-corrected chi connectivity index (χ1v) is 4.98. The number of ether oxygens (including phenoxy) is 1. The molecule has 1 aliphatic carbocycles. The average Bonchev–Trinajstić information content (AvgIpc) is 2.88. The van der Waals surface area contributed by atoms with E-state index in [1.54, 1.807) is 0 Å². The monoisotopic (exact) mass is 184 g/mol. The second kappa shape index (κ2) is 3.54. The second-order valence-corrected chi connectivity index (χ2v) is 3.80. The van der Waals surface area contributed by atoms with Gasteiger partial charge in [-0.05, 0) is 25.8 Å². The third kappa shape index (κ3) is 1.94. The van der Waals surface area contributed by atoms with Gasteiger partial charge in [-0.3, -0.25) is 0 Å². The summed E-state index contributed by atoms with van der Waals surface area (Å²) in [7, 11) is 0. The Labute approximate surface area is 78.0 Å². The highest BCUT2D eigenvalue weighted by molar-refractivity contribution is 5.69. The molecule has 2 aliphatic rings. The number of rotatable bonds is 3. The summed E-state index contributed by atoms with van der Waals surface area (Å²) in [5, 5.41) is 0. The van der Waals surface area contributed by atoms with E-state index in [0.717, 1.165) is 32.2 Å². The van der Waals surface area contributed by atoms with Crippen molar-refractivity contribution in [1.29, 1.82) is 0 Å². The fourth-order valence-electron chi connectivity index (χ4n) is 1.75. The van der Waals surface area contributed by atoms with Crippen molar-refractivity contribution in [1.82, 2.24) is 4.90 Å². The van der Waals surface area contributed by atoms with Crippen LogP contribution in [-0.4, -0.2) is 36.2 Å². The maximum Gasteiger partial charge on any atom is 0.410 e. The van der Waals surface area contributed by atoms with Crippen LogP contribution in [0.3, 0.4) is 0 Å². The molecule has 74 valence electrons. The fraction of sp³-hybridized carbons (Fsp3) is 0.889. The van der Waals surface area contributed by atoms with Gasteiger partial charge in [0, 0.05) is 19.0 Å². The van der Waals surface area contributed by atoms with E-state index in [1.165, 1.54) is 0 Å². The Morgan fingerprint density at radius 2 is 2.23 bits per heavy atom. The molecular formula is C9H16N2O2. The number of nitrogens with two attached hydrogens (primary N) is 1. The van der Waals surface area contributed by atoms with Crippen molar-refractivity contribution >= 4 is 6.09 Å². The van der Waals surface area contributed by atoms with E-state index < -0.39 is 0 Å². The molecule has 2 N–H and O–H groups in total. The lowest BCUT2D eigenvalue weighted by atomic mass is 10.1. The fourth-order valence-corrected chi connectivity index (χ4v) is 1.75. The first-order valence-electron chi connectivity index (χ1n) is 4.98. The number of hydrogen-bond acceptors (Lipinski definition) is 3. The van der Waals surface area contributed by atoms with Crippen molar-refractivity contribution in [2.24, 2.45) is 5.73 Å². The normalized spacial score (nSPS) is 28.8. The Kier molecular flexibility index (Phi) is 2.40. The molecule has 1 saturated carbocycles. The molecule has 13 heavy (non-hydrogen) atoms. The highest BCUT2D eigenvalue weighted by atomic mass is 16.6. The Balaban J connectivity index is 1.84. The Hall–Kier alpha value is -0.770. The minimum Gasteiger partial charge on any atom is -0.446 e. The third-order valence-corrected chi connectivity index (χ3v) is 2.67. The minimum atomic E-state index is -0.132. The predicted octanol–water partition coefficient (Wildman–Crippen LogP) is 0.708. The van der Waals surface area contributed by atoms with Gasteiger partial charge in [-0.15, -0.1) is 0 Å². The zero-order chi connectivity index (χ0) is 9.26. The number of cyclic esters (lactones) is 1. The summed E-state index contributed by atoms with van der Waals surface area (Å²) in [6, 6.07) is 0.478. The number of hydrogen-bond donors (Lipinski definition) is 1. The van der Waals surface area contributed by atoms with Gasteiger partial charge in [0.25, 0.3) is 0 Å². The van der Waals surface area contributed by atoms with Crippen molar-refractivity contribution in [2.75, 3.05) is 13.1 Å². The van der Waals surface area contributed by atoms with Gasteiger partial charge in [0.05, 0.1) is 0 Å². The van der Waals surface area contributed by atoms with Crippen LogP contribution in [0.5, 0.6) is 0 Å². The molecule has 4 heteroatoms. The predicted molar refractivity (Wildman–Crippen MR) is 48.3 cm³/mol. The van der Waals surface area contributed by atoms with E-state index in [0.29, 0.717) is 12.6 Å². The molecule has 0 aromatic heterocycles. The van der Waals surface area contributed by atoms with E-state index >= 15 is 0 Å². The van der Waals surface area contributed by atoms with Gasteiger partial charge < -0.3 is 15.4 Å².